The zero-order valence-corrected chi connectivity index (χ0v) is 14.4. The second-order valence-electron chi connectivity index (χ2n) is 7.17. The van der Waals surface area contributed by atoms with E-state index in [9.17, 15) is 5.11 Å². The van der Waals surface area contributed by atoms with Crippen LogP contribution in [-0.2, 0) is 4.65 Å². The lowest BCUT2D eigenvalue weighted by atomic mass is 9.82. The summed E-state index contributed by atoms with van der Waals surface area (Å²) in [7, 11) is 3.87. The Bertz CT molecular complexity index is 529. The number of benzene rings is 1. The van der Waals surface area contributed by atoms with Crippen LogP contribution < -0.4 is 5.46 Å². The maximum absolute atomic E-state index is 10.1. The minimum Gasteiger partial charge on any atom is -0.427 e. The Morgan fingerprint density at radius 3 is 2.27 bits per heavy atom. The maximum atomic E-state index is 10.1. The number of aliphatic hydroxyl groups is 1. The van der Waals surface area contributed by atoms with Crippen LogP contribution in [0.5, 0.6) is 0 Å². The first-order chi connectivity index (χ1) is 10.2. The van der Waals surface area contributed by atoms with E-state index in [0.717, 1.165) is 25.0 Å². The van der Waals surface area contributed by atoms with E-state index < -0.39 is 11.2 Å². The fourth-order valence-corrected chi connectivity index (χ4v) is 2.17. The van der Waals surface area contributed by atoms with Crippen molar-refractivity contribution < 1.29 is 9.76 Å². The van der Waals surface area contributed by atoms with Crippen LogP contribution >= 0.6 is 0 Å². The van der Waals surface area contributed by atoms with Crippen LogP contribution in [-0.4, -0.2) is 48.8 Å². The number of nitrogens with zero attached hydrogens (tertiary/aromatic N) is 1. The monoisotopic (exact) mass is 300 g/mol. The Kier molecular flexibility index (Phi) is 5.16. The molecule has 0 aromatic heterocycles. The second-order valence-corrected chi connectivity index (χ2v) is 7.17. The van der Waals surface area contributed by atoms with Crippen molar-refractivity contribution in [1.29, 1.82) is 0 Å². The van der Waals surface area contributed by atoms with Crippen molar-refractivity contribution in [2.45, 2.75) is 45.3 Å². The summed E-state index contributed by atoms with van der Waals surface area (Å²) in [6.45, 7) is 9.43. The van der Waals surface area contributed by atoms with Crippen molar-refractivity contribution in [3.8, 4) is 0 Å². The third-order valence-electron chi connectivity index (χ3n) is 4.66. The SMILES string of the molecule is CN1CC=C(c2ccc([B]OC(C)(C)C(C)(C)O)cc2)CC1. The first kappa shape index (κ1) is 17.3. The van der Waals surface area contributed by atoms with Gasteiger partial charge in [0.15, 0.2) is 0 Å². The van der Waals surface area contributed by atoms with Crippen LogP contribution in [0.4, 0.5) is 0 Å². The summed E-state index contributed by atoms with van der Waals surface area (Å²) in [4.78, 5) is 2.32. The minimum atomic E-state index is -0.900. The molecule has 0 aliphatic carbocycles. The number of rotatable bonds is 5. The van der Waals surface area contributed by atoms with Crippen molar-refractivity contribution in [2.75, 3.05) is 20.1 Å². The van der Waals surface area contributed by atoms with Gasteiger partial charge in [-0.2, -0.15) is 0 Å². The molecular weight excluding hydrogens is 273 g/mol. The molecule has 1 heterocycles. The first-order valence-corrected chi connectivity index (χ1v) is 7.90. The van der Waals surface area contributed by atoms with E-state index >= 15 is 0 Å². The van der Waals surface area contributed by atoms with Gasteiger partial charge in [0.25, 0.3) is 0 Å². The largest absolute Gasteiger partial charge is 0.427 e. The standard InChI is InChI=1S/C18H27BNO2/c1-17(2,21)18(3,4)22-19-16-8-6-14(7-9-16)15-10-12-20(5)13-11-15/h6-10,21H,11-13H2,1-5H3. The molecule has 0 saturated carbocycles. The number of hydrogen-bond acceptors (Lipinski definition) is 3. The lowest BCUT2D eigenvalue weighted by Crippen LogP contribution is -2.49. The van der Waals surface area contributed by atoms with Gasteiger partial charge < -0.3 is 14.7 Å². The van der Waals surface area contributed by atoms with E-state index in [4.69, 9.17) is 4.65 Å². The van der Waals surface area contributed by atoms with Gasteiger partial charge in [0, 0.05) is 13.1 Å². The summed E-state index contributed by atoms with van der Waals surface area (Å²) in [5.74, 6) is 0. The highest BCUT2D eigenvalue weighted by Gasteiger charge is 2.35. The summed E-state index contributed by atoms with van der Waals surface area (Å²) < 4.78 is 5.78. The third kappa shape index (κ3) is 4.22. The normalized spacial score (nSPS) is 17.3. The highest BCUT2D eigenvalue weighted by atomic mass is 16.5. The predicted octanol–water partition coefficient (Wildman–Crippen LogP) is 2.22. The molecule has 0 atom stereocenters. The van der Waals surface area contributed by atoms with Crippen molar-refractivity contribution in [1.82, 2.24) is 4.90 Å². The molecule has 0 spiro atoms. The second kappa shape index (κ2) is 6.57. The quantitative estimate of drug-likeness (QED) is 0.846. The molecule has 1 aliphatic heterocycles. The number of likely N-dealkylation sites (N-methyl/N-ethyl adjacent to an activating group) is 1. The van der Waals surface area contributed by atoms with Gasteiger partial charge in [-0.3, -0.25) is 0 Å². The minimum absolute atomic E-state index is 0.637. The Labute approximate surface area is 135 Å². The molecule has 22 heavy (non-hydrogen) atoms. The molecule has 3 nitrogen and oxygen atoms in total. The Balaban J connectivity index is 1.98. The first-order valence-electron chi connectivity index (χ1n) is 7.90. The fraction of sp³-hybridized carbons (Fsp3) is 0.556. The fourth-order valence-electron chi connectivity index (χ4n) is 2.17. The molecule has 0 bridgehead atoms. The molecule has 0 saturated heterocycles. The molecule has 1 aromatic carbocycles. The van der Waals surface area contributed by atoms with Gasteiger partial charge in [-0.1, -0.05) is 35.8 Å². The molecule has 0 amide bonds. The van der Waals surface area contributed by atoms with Gasteiger partial charge in [-0.25, -0.2) is 0 Å². The van der Waals surface area contributed by atoms with Gasteiger partial charge in [0.05, 0.1) is 11.2 Å². The van der Waals surface area contributed by atoms with Crippen LogP contribution in [0.15, 0.2) is 30.3 Å². The molecule has 2 rings (SSSR count). The molecule has 0 fully saturated rings. The van der Waals surface area contributed by atoms with Gasteiger partial charge in [0.2, 0.25) is 0 Å². The van der Waals surface area contributed by atoms with Gasteiger partial charge in [0.1, 0.15) is 0 Å². The van der Waals surface area contributed by atoms with E-state index in [0.29, 0.717) is 0 Å². The Morgan fingerprint density at radius 1 is 1.14 bits per heavy atom. The van der Waals surface area contributed by atoms with Crippen LogP contribution in [0.25, 0.3) is 5.57 Å². The topological polar surface area (TPSA) is 32.7 Å². The third-order valence-corrected chi connectivity index (χ3v) is 4.66. The molecule has 1 aliphatic rings. The molecule has 1 N–H and O–H groups in total. The average molecular weight is 300 g/mol. The summed E-state index contributed by atoms with van der Waals surface area (Å²) in [6.07, 6.45) is 3.40. The van der Waals surface area contributed by atoms with E-state index in [-0.39, 0.29) is 0 Å². The molecular formula is C18H27BNO2. The molecule has 4 heteroatoms. The smallest absolute Gasteiger partial charge is 0.330 e. The predicted molar refractivity (Wildman–Crippen MR) is 93.4 cm³/mol. The highest BCUT2D eigenvalue weighted by molar-refractivity contribution is 6.47. The highest BCUT2D eigenvalue weighted by Crippen LogP contribution is 2.24. The van der Waals surface area contributed by atoms with Crippen molar-refractivity contribution in [3.63, 3.8) is 0 Å². The van der Waals surface area contributed by atoms with Crippen LogP contribution in [0.2, 0.25) is 0 Å². The van der Waals surface area contributed by atoms with E-state index in [1.165, 1.54) is 11.1 Å². The zero-order valence-electron chi connectivity index (χ0n) is 14.4. The van der Waals surface area contributed by atoms with E-state index in [1.54, 1.807) is 21.3 Å². The summed E-state index contributed by atoms with van der Waals surface area (Å²) in [5, 5.41) is 10.1. The molecule has 119 valence electrons. The summed E-state index contributed by atoms with van der Waals surface area (Å²) in [6, 6.07) is 8.41. The Morgan fingerprint density at radius 2 is 1.77 bits per heavy atom. The van der Waals surface area contributed by atoms with Crippen LogP contribution in [0.3, 0.4) is 0 Å². The summed E-state index contributed by atoms with van der Waals surface area (Å²) in [5.41, 5.74) is 2.17. The average Bonchev–Trinajstić information content (AvgIpc) is 2.45. The Hall–Kier alpha value is -1.10. The van der Waals surface area contributed by atoms with Crippen molar-refractivity contribution in [3.05, 3.63) is 35.9 Å². The van der Waals surface area contributed by atoms with Gasteiger partial charge >= 0.3 is 7.48 Å². The van der Waals surface area contributed by atoms with Crippen LogP contribution in [0.1, 0.15) is 39.7 Å². The van der Waals surface area contributed by atoms with E-state index in [1.807, 2.05) is 13.8 Å². The number of hydrogen-bond donors (Lipinski definition) is 1. The molecule has 0 unspecified atom stereocenters. The van der Waals surface area contributed by atoms with Crippen molar-refractivity contribution >= 4 is 18.5 Å². The zero-order chi connectivity index (χ0) is 16.4. The lowest BCUT2D eigenvalue weighted by Gasteiger charge is -2.37. The van der Waals surface area contributed by atoms with Gasteiger partial charge in [-0.05, 0) is 52.3 Å². The van der Waals surface area contributed by atoms with Crippen LogP contribution in [0, 0.1) is 0 Å². The maximum Gasteiger partial charge on any atom is 0.330 e. The summed E-state index contributed by atoms with van der Waals surface area (Å²) >= 11 is 0. The molecule has 1 aromatic rings. The van der Waals surface area contributed by atoms with Crippen molar-refractivity contribution in [2.24, 2.45) is 0 Å². The van der Waals surface area contributed by atoms with Gasteiger partial charge in [-0.15, -0.1) is 0 Å². The molecule has 1 radical (unpaired) electrons. The van der Waals surface area contributed by atoms with E-state index in [2.05, 4.69) is 42.3 Å². The lowest BCUT2D eigenvalue weighted by molar-refractivity contribution is -0.0893.